The van der Waals surface area contributed by atoms with Crippen LogP contribution in [0.4, 0.5) is 0 Å². The molecule has 1 unspecified atom stereocenters. The van der Waals surface area contributed by atoms with Crippen LogP contribution in [-0.2, 0) is 23.9 Å². The van der Waals surface area contributed by atoms with Crippen molar-refractivity contribution in [3.8, 4) is 0 Å². The maximum absolute atomic E-state index is 13.2. The minimum Gasteiger partial charge on any atom is -0.451 e. The Bertz CT molecular complexity index is 1340. The normalized spacial score (nSPS) is 27.2. The van der Waals surface area contributed by atoms with Crippen molar-refractivity contribution in [1.82, 2.24) is 26.1 Å². The number of pyridine rings is 1. The molecule has 3 amide bonds. The Morgan fingerprint density at radius 3 is 2.42 bits per heavy atom. The number of ether oxygens (including phenoxy) is 1. The van der Waals surface area contributed by atoms with Crippen molar-refractivity contribution in [2.45, 2.75) is 78.6 Å². The van der Waals surface area contributed by atoms with Gasteiger partial charge in [-0.1, -0.05) is 44.2 Å². The van der Waals surface area contributed by atoms with Crippen LogP contribution >= 0.6 is 0 Å². The summed E-state index contributed by atoms with van der Waals surface area (Å²) in [6.07, 6.45) is 3.67. The van der Waals surface area contributed by atoms with E-state index in [9.17, 15) is 19.2 Å². The molecule has 10 heteroatoms. The molecule has 0 radical (unpaired) electrons. The number of amides is 3. The number of fused-ring (bicyclic) bond motifs is 4. The van der Waals surface area contributed by atoms with Crippen LogP contribution in [0.1, 0.15) is 71.7 Å². The van der Waals surface area contributed by atoms with E-state index in [0.29, 0.717) is 25.1 Å². The van der Waals surface area contributed by atoms with Gasteiger partial charge in [0.2, 0.25) is 5.91 Å². The maximum Gasteiger partial charge on any atom is 0.316 e. The summed E-state index contributed by atoms with van der Waals surface area (Å²) >= 11 is 0. The third kappa shape index (κ3) is 6.50. The number of hydrogen-bond acceptors (Lipinski definition) is 7. The number of carbonyl (C=O) groups is 4. The Morgan fingerprint density at radius 1 is 1.00 bits per heavy atom. The second-order valence-electron chi connectivity index (χ2n) is 11.6. The molecule has 4 rings (SSSR count). The minimum atomic E-state index is -1.08. The standard InChI is InChI=1S/C30H39N5O5/c1-17(2)25-27(37)32-19(4)28(38)35-15-7-8-23(34-35)26(36)31-18(3)22-12-11-21-10-9-20(16-24(21)33-22)13-14-30(5,6)29(39)40-25/h9-14,16-19,23,25,34H,7-8,15H2,1-6H3,(H,31,36)(H,32,37)/b14-13+/t18-,19+,23+,25?/m1/s1. The van der Waals surface area contributed by atoms with Crippen LogP contribution in [0.5, 0.6) is 0 Å². The van der Waals surface area contributed by atoms with E-state index in [-0.39, 0.29) is 23.8 Å². The Hall–Kier alpha value is -3.79. The number of cyclic esters (lactones) is 1. The number of nitrogens with one attached hydrogen (secondary N) is 3. The average Bonchev–Trinajstić information content (AvgIpc) is 2.92. The molecule has 1 saturated heterocycles. The first-order valence-electron chi connectivity index (χ1n) is 13.8. The van der Waals surface area contributed by atoms with Gasteiger partial charge in [-0.05, 0) is 64.2 Å². The summed E-state index contributed by atoms with van der Waals surface area (Å²) in [5.41, 5.74) is 4.30. The lowest BCUT2D eigenvalue weighted by atomic mass is 9.92. The zero-order chi connectivity index (χ0) is 29.2. The van der Waals surface area contributed by atoms with Gasteiger partial charge >= 0.3 is 5.97 Å². The number of nitrogens with zero attached hydrogens (tertiary/aromatic N) is 2. The van der Waals surface area contributed by atoms with Gasteiger partial charge in [0.1, 0.15) is 12.1 Å². The van der Waals surface area contributed by atoms with E-state index in [2.05, 4.69) is 16.1 Å². The second-order valence-corrected chi connectivity index (χ2v) is 11.6. The van der Waals surface area contributed by atoms with Gasteiger partial charge in [0.25, 0.3) is 11.8 Å². The first-order valence-corrected chi connectivity index (χ1v) is 13.8. The fourth-order valence-electron chi connectivity index (χ4n) is 4.74. The van der Waals surface area contributed by atoms with Crippen LogP contribution < -0.4 is 16.1 Å². The number of esters is 1. The van der Waals surface area contributed by atoms with E-state index in [0.717, 1.165) is 16.5 Å². The molecule has 3 N–H and O–H groups in total. The highest BCUT2D eigenvalue weighted by atomic mass is 16.5. The van der Waals surface area contributed by atoms with Gasteiger partial charge in [-0.3, -0.25) is 29.2 Å². The van der Waals surface area contributed by atoms with Crippen LogP contribution in [0.3, 0.4) is 0 Å². The molecule has 40 heavy (non-hydrogen) atoms. The third-order valence-electron chi connectivity index (χ3n) is 7.35. The van der Waals surface area contributed by atoms with E-state index >= 15 is 0 Å². The summed E-state index contributed by atoms with van der Waals surface area (Å²) < 4.78 is 5.70. The summed E-state index contributed by atoms with van der Waals surface area (Å²) in [4.78, 5) is 57.5. The van der Waals surface area contributed by atoms with Crippen molar-refractivity contribution in [2.75, 3.05) is 6.54 Å². The molecule has 2 aliphatic heterocycles. The SMILES string of the molecule is CC(C)C1OC(=O)C(C)(C)/C=C/c2ccc3ccc(nc3c2)[C@@H](C)NC(=O)[C@@H]2CCCN(N2)C(=O)[C@H](C)NC1=O. The molecule has 2 aromatic rings. The van der Waals surface area contributed by atoms with Crippen LogP contribution in [0.2, 0.25) is 0 Å². The predicted molar refractivity (Wildman–Crippen MR) is 151 cm³/mol. The molecular formula is C30H39N5O5. The van der Waals surface area contributed by atoms with E-state index in [1.54, 1.807) is 40.7 Å². The Kier molecular flexibility index (Phi) is 8.58. The topological polar surface area (TPSA) is 130 Å². The molecule has 5 bridgehead atoms. The van der Waals surface area contributed by atoms with E-state index in [4.69, 9.17) is 9.72 Å². The highest BCUT2D eigenvalue weighted by molar-refractivity contribution is 5.91. The molecule has 2 aliphatic rings. The Labute approximate surface area is 234 Å². The number of rotatable bonds is 1. The predicted octanol–water partition coefficient (Wildman–Crippen LogP) is 3.03. The van der Waals surface area contributed by atoms with Crippen molar-refractivity contribution in [3.63, 3.8) is 0 Å². The average molecular weight is 550 g/mol. The number of hydrogen-bond donors (Lipinski definition) is 3. The van der Waals surface area contributed by atoms with Gasteiger partial charge in [-0.15, -0.1) is 0 Å². The van der Waals surface area contributed by atoms with Crippen molar-refractivity contribution in [3.05, 3.63) is 47.7 Å². The van der Waals surface area contributed by atoms with Crippen LogP contribution in [0, 0.1) is 11.3 Å². The fourth-order valence-corrected chi connectivity index (χ4v) is 4.74. The lowest BCUT2D eigenvalue weighted by Crippen LogP contribution is -2.61. The number of carbonyl (C=O) groups excluding carboxylic acids is 4. The number of aromatic nitrogens is 1. The van der Waals surface area contributed by atoms with Crippen LogP contribution in [0.25, 0.3) is 17.0 Å². The first-order chi connectivity index (χ1) is 18.9. The molecule has 0 saturated carbocycles. The van der Waals surface area contributed by atoms with Gasteiger partial charge in [-0.25, -0.2) is 5.43 Å². The lowest BCUT2D eigenvalue weighted by molar-refractivity contribution is -0.165. The third-order valence-corrected chi connectivity index (χ3v) is 7.35. The smallest absolute Gasteiger partial charge is 0.316 e. The van der Waals surface area contributed by atoms with Crippen molar-refractivity contribution >= 4 is 40.7 Å². The molecule has 4 atom stereocenters. The summed E-state index contributed by atoms with van der Waals surface area (Å²) in [5, 5.41) is 8.03. The number of benzene rings is 1. The zero-order valence-corrected chi connectivity index (χ0v) is 24.0. The second kappa shape index (κ2) is 11.8. The molecule has 1 aromatic carbocycles. The largest absolute Gasteiger partial charge is 0.451 e. The molecule has 1 aromatic heterocycles. The minimum absolute atomic E-state index is 0.236. The Balaban J connectivity index is 1.70. The maximum atomic E-state index is 13.2. The molecule has 0 aliphatic carbocycles. The first kappa shape index (κ1) is 29.2. The molecule has 10 nitrogen and oxygen atoms in total. The number of hydrazine groups is 1. The quantitative estimate of drug-likeness (QED) is 0.466. The van der Waals surface area contributed by atoms with Crippen molar-refractivity contribution in [2.24, 2.45) is 11.3 Å². The van der Waals surface area contributed by atoms with Crippen LogP contribution in [0.15, 0.2) is 36.4 Å². The summed E-state index contributed by atoms with van der Waals surface area (Å²) in [6.45, 7) is 10.9. The molecule has 3 heterocycles. The summed E-state index contributed by atoms with van der Waals surface area (Å²) in [6, 6.07) is 7.78. The highest BCUT2D eigenvalue weighted by Crippen LogP contribution is 2.25. The van der Waals surface area contributed by atoms with Gasteiger partial charge in [0.15, 0.2) is 6.10 Å². The van der Waals surface area contributed by atoms with Crippen molar-refractivity contribution in [1.29, 1.82) is 0 Å². The van der Waals surface area contributed by atoms with Gasteiger partial charge < -0.3 is 15.4 Å². The summed E-state index contributed by atoms with van der Waals surface area (Å²) in [5.74, 6) is -2.04. The van der Waals surface area contributed by atoms with Crippen molar-refractivity contribution < 1.29 is 23.9 Å². The molecular weight excluding hydrogens is 510 g/mol. The van der Waals surface area contributed by atoms with E-state index in [1.165, 1.54) is 5.01 Å². The molecule has 1 fully saturated rings. The fraction of sp³-hybridized carbons (Fsp3) is 0.500. The van der Waals surface area contributed by atoms with Gasteiger partial charge in [0, 0.05) is 11.9 Å². The highest BCUT2D eigenvalue weighted by Gasteiger charge is 2.36. The van der Waals surface area contributed by atoms with Gasteiger partial charge in [-0.2, -0.15) is 0 Å². The van der Waals surface area contributed by atoms with Gasteiger partial charge in [0.05, 0.1) is 22.7 Å². The summed E-state index contributed by atoms with van der Waals surface area (Å²) in [7, 11) is 0. The zero-order valence-electron chi connectivity index (χ0n) is 24.0. The lowest BCUT2D eigenvalue weighted by Gasteiger charge is -2.35. The van der Waals surface area contributed by atoms with Crippen LogP contribution in [-0.4, -0.2) is 58.4 Å². The monoisotopic (exact) mass is 549 g/mol. The molecule has 214 valence electrons. The van der Waals surface area contributed by atoms with E-state index in [1.807, 2.05) is 43.3 Å². The van der Waals surface area contributed by atoms with E-state index < -0.39 is 35.5 Å². The Morgan fingerprint density at radius 2 is 1.70 bits per heavy atom. The molecule has 0 spiro atoms.